The van der Waals surface area contributed by atoms with Gasteiger partial charge in [-0.15, -0.1) is 0 Å². The predicted molar refractivity (Wildman–Crippen MR) is 102 cm³/mol. The van der Waals surface area contributed by atoms with Gasteiger partial charge in [0.15, 0.2) is 0 Å². The highest BCUT2D eigenvalue weighted by molar-refractivity contribution is 5.68. The lowest BCUT2D eigenvalue weighted by atomic mass is 10.1. The van der Waals surface area contributed by atoms with Crippen LogP contribution >= 0.6 is 0 Å². The van der Waals surface area contributed by atoms with Gasteiger partial charge in [-0.2, -0.15) is 5.10 Å². The van der Waals surface area contributed by atoms with Crippen LogP contribution in [0, 0.1) is 13.8 Å². The van der Waals surface area contributed by atoms with Crippen LogP contribution in [-0.2, 0) is 6.54 Å². The van der Waals surface area contributed by atoms with Crippen molar-refractivity contribution in [3.8, 4) is 22.8 Å². The van der Waals surface area contributed by atoms with E-state index >= 15 is 0 Å². The second-order valence-corrected chi connectivity index (χ2v) is 6.21. The summed E-state index contributed by atoms with van der Waals surface area (Å²) in [5.41, 5.74) is 4.66. The number of ether oxygens (including phenoxy) is 2. The van der Waals surface area contributed by atoms with E-state index < -0.39 is 0 Å². The molecule has 0 amide bonds. The molecule has 0 aliphatic carbocycles. The molecular weight excluding hydrogens is 328 g/mol. The minimum absolute atomic E-state index is 0.142. The standard InChI is InChI=1S/C21H22N2O3/c1-14-5-6-15(2)16(11-14)13-23-21(24)10-8-19(22-23)18-12-17(25-3)7-9-20(18)26-4/h5-12H,13H2,1-4H3. The number of aromatic nitrogens is 2. The van der Waals surface area contributed by atoms with Gasteiger partial charge < -0.3 is 9.47 Å². The Bertz CT molecular complexity index is 993. The van der Waals surface area contributed by atoms with Gasteiger partial charge >= 0.3 is 0 Å². The molecule has 3 aromatic rings. The van der Waals surface area contributed by atoms with Crippen molar-refractivity contribution in [1.29, 1.82) is 0 Å². The van der Waals surface area contributed by atoms with E-state index in [0.717, 1.165) is 22.3 Å². The van der Waals surface area contributed by atoms with E-state index in [-0.39, 0.29) is 5.56 Å². The maximum absolute atomic E-state index is 12.3. The number of hydrogen-bond acceptors (Lipinski definition) is 4. The van der Waals surface area contributed by atoms with E-state index in [9.17, 15) is 4.79 Å². The summed E-state index contributed by atoms with van der Waals surface area (Å²) >= 11 is 0. The van der Waals surface area contributed by atoms with E-state index in [1.165, 1.54) is 10.7 Å². The molecule has 0 N–H and O–H groups in total. The van der Waals surface area contributed by atoms with Gasteiger partial charge in [-0.1, -0.05) is 23.8 Å². The fraction of sp³-hybridized carbons (Fsp3) is 0.238. The molecule has 26 heavy (non-hydrogen) atoms. The van der Waals surface area contributed by atoms with Gasteiger partial charge in [0, 0.05) is 11.6 Å². The molecule has 0 spiro atoms. The second-order valence-electron chi connectivity index (χ2n) is 6.21. The van der Waals surface area contributed by atoms with Crippen molar-refractivity contribution >= 4 is 0 Å². The van der Waals surface area contributed by atoms with Crippen molar-refractivity contribution in [2.75, 3.05) is 14.2 Å². The molecule has 5 heteroatoms. The highest BCUT2D eigenvalue weighted by Gasteiger charge is 2.11. The number of nitrogens with zero attached hydrogens (tertiary/aromatic N) is 2. The molecule has 0 saturated carbocycles. The minimum atomic E-state index is -0.142. The molecule has 1 aromatic heterocycles. The van der Waals surface area contributed by atoms with Crippen LogP contribution in [0.15, 0.2) is 53.3 Å². The van der Waals surface area contributed by atoms with E-state index in [4.69, 9.17) is 9.47 Å². The Morgan fingerprint density at radius 3 is 2.50 bits per heavy atom. The summed E-state index contributed by atoms with van der Waals surface area (Å²) in [6.07, 6.45) is 0. The Labute approximate surface area is 152 Å². The zero-order valence-electron chi connectivity index (χ0n) is 15.4. The summed E-state index contributed by atoms with van der Waals surface area (Å²) in [7, 11) is 3.22. The largest absolute Gasteiger partial charge is 0.497 e. The van der Waals surface area contributed by atoms with Gasteiger partial charge in [-0.25, -0.2) is 4.68 Å². The van der Waals surface area contributed by atoms with Crippen molar-refractivity contribution in [3.63, 3.8) is 0 Å². The molecule has 5 nitrogen and oxygen atoms in total. The number of aryl methyl sites for hydroxylation is 2. The third-order valence-electron chi connectivity index (χ3n) is 4.37. The number of hydrogen-bond donors (Lipinski definition) is 0. The monoisotopic (exact) mass is 350 g/mol. The summed E-state index contributed by atoms with van der Waals surface area (Å²) < 4.78 is 12.2. The van der Waals surface area contributed by atoms with Crippen LogP contribution in [0.4, 0.5) is 0 Å². The molecule has 0 atom stereocenters. The fourth-order valence-electron chi connectivity index (χ4n) is 2.85. The third-order valence-corrected chi connectivity index (χ3v) is 4.37. The van der Waals surface area contributed by atoms with Gasteiger partial charge in [0.25, 0.3) is 5.56 Å². The first-order chi connectivity index (χ1) is 12.5. The molecule has 3 rings (SSSR count). The third kappa shape index (κ3) is 3.61. The summed E-state index contributed by atoms with van der Waals surface area (Å²) in [5, 5.41) is 4.56. The molecule has 0 unspecified atom stereocenters. The van der Waals surface area contributed by atoms with E-state index in [1.54, 1.807) is 20.3 Å². The molecule has 0 saturated heterocycles. The van der Waals surface area contributed by atoms with Gasteiger partial charge in [0.05, 0.1) is 26.5 Å². The highest BCUT2D eigenvalue weighted by atomic mass is 16.5. The van der Waals surface area contributed by atoms with Crippen molar-refractivity contribution in [3.05, 3.63) is 75.6 Å². The lowest BCUT2D eigenvalue weighted by Gasteiger charge is -2.13. The number of benzene rings is 2. The Morgan fingerprint density at radius 2 is 1.77 bits per heavy atom. The minimum Gasteiger partial charge on any atom is -0.497 e. The summed E-state index contributed by atoms with van der Waals surface area (Å²) in [6.45, 7) is 4.50. The predicted octanol–water partition coefficient (Wildman–Crippen LogP) is 3.59. The Hall–Kier alpha value is -3.08. The first-order valence-electron chi connectivity index (χ1n) is 8.38. The summed E-state index contributed by atoms with van der Waals surface area (Å²) in [4.78, 5) is 12.3. The van der Waals surface area contributed by atoms with Gasteiger partial charge in [-0.05, 0) is 49.2 Å². The fourth-order valence-corrected chi connectivity index (χ4v) is 2.85. The van der Waals surface area contributed by atoms with Crippen molar-refractivity contribution < 1.29 is 9.47 Å². The summed E-state index contributed by atoms with van der Waals surface area (Å²) in [5.74, 6) is 1.38. The zero-order valence-corrected chi connectivity index (χ0v) is 15.4. The molecule has 0 bridgehead atoms. The van der Waals surface area contributed by atoms with Crippen LogP contribution in [0.3, 0.4) is 0 Å². The molecular formula is C21H22N2O3. The van der Waals surface area contributed by atoms with Gasteiger partial charge in [0.1, 0.15) is 11.5 Å². The first-order valence-corrected chi connectivity index (χ1v) is 8.38. The van der Waals surface area contributed by atoms with Crippen LogP contribution < -0.4 is 15.0 Å². The van der Waals surface area contributed by atoms with Crippen molar-refractivity contribution in [2.45, 2.75) is 20.4 Å². The summed E-state index contributed by atoms with van der Waals surface area (Å²) in [6, 6.07) is 15.0. The SMILES string of the molecule is COc1ccc(OC)c(-c2ccc(=O)n(Cc3cc(C)ccc3C)n2)c1. The number of methoxy groups -OCH3 is 2. The lowest BCUT2D eigenvalue weighted by molar-refractivity contribution is 0.404. The zero-order chi connectivity index (χ0) is 18.7. The normalized spacial score (nSPS) is 10.6. The molecule has 0 aliphatic rings. The first kappa shape index (κ1) is 17.7. The molecule has 1 heterocycles. The number of rotatable bonds is 5. The Kier molecular flexibility index (Phi) is 5.07. The molecule has 134 valence electrons. The molecule has 0 aliphatic heterocycles. The van der Waals surface area contributed by atoms with Crippen LogP contribution in [0.5, 0.6) is 11.5 Å². The Morgan fingerprint density at radius 1 is 0.962 bits per heavy atom. The Balaban J connectivity index is 2.06. The van der Waals surface area contributed by atoms with Crippen molar-refractivity contribution in [1.82, 2.24) is 9.78 Å². The van der Waals surface area contributed by atoms with Crippen LogP contribution in [-0.4, -0.2) is 24.0 Å². The van der Waals surface area contributed by atoms with Gasteiger partial charge in [0.2, 0.25) is 0 Å². The highest BCUT2D eigenvalue weighted by Crippen LogP contribution is 2.31. The van der Waals surface area contributed by atoms with E-state index in [0.29, 0.717) is 23.7 Å². The maximum atomic E-state index is 12.3. The smallest absolute Gasteiger partial charge is 0.267 e. The molecule has 2 aromatic carbocycles. The molecule has 0 radical (unpaired) electrons. The quantitative estimate of drug-likeness (QED) is 0.706. The van der Waals surface area contributed by atoms with Crippen LogP contribution in [0.2, 0.25) is 0 Å². The average Bonchev–Trinajstić information content (AvgIpc) is 2.66. The molecule has 0 fully saturated rings. The van der Waals surface area contributed by atoms with E-state index in [1.807, 2.05) is 32.0 Å². The average molecular weight is 350 g/mol. The maximum Gasteiger partial charge on any atom is 0.267 e. The van der Waals surface area contributed by atoms with Crippen molar-refractivity contribution in [2.24, 2.45) is 0 Å². The van der Waals surface area contributed by atoms with Gasteiger partial charge in [-0.3, -0.25) is 4.79 Å². The van der Waals surface area contributed by atoms with E-state index in [2.05, 4.69) is 23.3 Å². The lowest BCUT2D eigenvalue weighted by Crippen LogP contribution is -2.23. The van der Waals surface area contributed by atoms with Crippen LogP contribution in [0.25, 0.3) is 11.3 Å². The van der Waals surface area contributed by atoms with Crippen LogP contribution in [0.1, 0.15) is 16.7 Å². The topological polar surface area (TPSA) is 53.4 Å². The second kappa shape index (κ2) is 7.44.